The topological polar surface area (TPSA) is 92.9 Å². The average Bonchev–Trinajstić information content (AvgIpc) is 2.96. The molecule has 0 aromatic carbocycles. The van der Waals surface area contributed by atoms with E-state index in [1.165, 1.54) is 48.4 Å². The van der Waals surface area contributed by atoms with Crippen LogP contribution in [-0.4, -0.2) is 36.1 Å². The Morgan fingerprint density at radius 3 is 2.46 bits per heavy atom. The number of aryl methyl sites for hydroxylation is 2. The van der Waals surface area contributed by atoms with Crippen molar-refractivity contribution in [3.63, 3.8) is 0 Å². The van der Waals surface area contributed by atoms with Gasteiger partial charge in [-0.1, -0.05) is 57.2 Å². The number of imidazole rings is 1. The Balaban J connectivity index is 2.18. The van der Waals surface area contributed by atoms with Gasteiger partial charge in [0.2, 0.25) is 0 Å². The largest absolute Gasteiger partial charge is 0.393 e. The van der Waals surface area contributed by atoms with Crippen LogP contribution < -0.4 is 11.2 Å². The van der Waals surface area contributed by atoms with Crippen molar-refractivity contribution >= 4 is 22.9 Å². The molecule has 2 aromatic rings. The van der Waals surface area contributed by atoms with Crippen molar-refractivity contribution in [2.24, 2.45) is 7.05 Å². The fraction of sp³-hybridized carbons (Fsp3) is 0.722. The van der Waals surface area contributed by atoms with Gasteiger partial charge in [-0.25, -0.2) is 9.78 Å². The van der Waals surface area contributed by atoms with Gasteiger partial charge in [0.05, 0.1) is 6.10 Å². The Bertz CT molecular complexity index is 822. The second-order valence-corrected chi connectivity index (χ2v) is 7.81. The highest BCUT2D eigenvalue weighted by Gasteiger charge is 2.17. The lowest BCUT2D eigenvalue weighted by Crippen LogP contribution is -2.29. The van der Waals surface area contributed by atoms with Gasteiger partial charge in [0.15, 0.2) is 16.3 Å². The number of aliphatic hydroxyl groups is 1. The summed E-state index contributed by atoms with van der Waals surface area (Å²) in [4.78, 5) is 31.0. The lowest BCUT2D eigenvalue weighted by molar-refractivity contribution is 0.220. The normalized spacial score (nSPS) is 12.8. The number of nitrogens with zero attached hydrogens (tertiary/aromatic N) is 3. The van der Waals surface area contributed by atoms with Crippen LogP contribution in [0.3, 0.4) is 0 Å². The summed E-state index contributed by atoms with van der Waals surface area (Å²) in [5.74, 6) is 0.492. The molecule has 2 heterocycles. The van der Waals surface area contributed by atoms with Crippen LogP contribution in [-0.2, 0) is 13.6 Å². The van der Waals surface area contributed by atoms with E-state index < -0.39 is 17.4 Å². The fourth-order valence-corrected chi connectivity index (χ4v) is 3.83. The maximum atomic E-state index is 12.3. The number of hydrogen-bond acceptors (Lipinski definition) is 5. The van der Waals surface area contributed by atoms with Gasteiger partial charge in [-0.2, -0.15) is 0 Å². The molecule has 2 aromatic heterocycles. The summed E-state index contributed by atoms with van der Waals surface area (Å²) in [6.45, 7) is 4.62. The molecule has 146 valence electrons. The number of aliphatic hydroxyl groups excluding tert-OH is 1. The third-order valence-corrected chi connectivity index (χ3v) is 5.63. The van der Waals surface area contributed by atoms with Crippen LogP contribution in [0.1, 0.15) is 58.8 Å². The number of hydrogen-bond donors (Lipinski definition) is 2. The highest BCUT2D eigenvalue weighted by molar-refractivity contribution is 7.99. The molecule has 0 saturated carbocycles. The number of unbranched alkanes of at least 4 members (excludes halogenated alkanes) is 6. The molecule has 8 heteroatoms. The summed E-state index contributed by atoms with van der Waals surface area (Å²) in [6.07, 6.45) is 7.85. The van der Waals surface area contributed by atoms with Crippen molar-refractivity contribution in [1.82, 2.24) is 19.1 Å². The maximum Gasteiger partial charge on any atom is 0.329 e. The van der Waals surface area contributed by atoms with E-state index in [2.05, 4.69) is 16.9 Å². The zero-order valence-electron chi connectivity index (χ0n) is 16.0. The standard InChI is InChI=1S/C18H30N4O3S/c1-4-5-6-7-8-9-10-11-22-14-15(19-18(22)26-12-13(2)23)21(3)17(25)20-16(14)24/h13,23H,4-12H2,1-3H3,(H,20,24,25). The molecule has 0 amide bonds. The SMILES string of the molecule is CCCCCCCCCn1c(SCC(C)O)nc2c1c(=O)[nH]c(=O)n2C. The van der Waals surface area contributed by atoms with Crippen LogP contribution >= 0.6 is 11.8 Å². The molecule has 0 saturated heterocycles. The van der Waals surface area contributed by atoms with E-state index >= 15 is 0 Å². The Hall–Kier alpha value is -1.54. The molecule has 26 heavy (non-hydrogen) atoms. The average molecular weight is 383 g/mol. The van der Waals surface area contributed by atoms with Crippen LogP contribution in [0.4, 0.5) is 0 Å². The van der Waals surface area contributed by atoms with E-state index in [4.69, 9.17) is 0 Å². The number of aromatic amines is 1. The molecule has 0 fully saturated rings. The lowest BCUT2D eigenvalue weighted by atomic mass is 10.1. The van der Waals surface area contributed by atoms with E-state index in [0.29, 0.717) is 28.6 Å². The second-order valence-electron chi connectivity index (χ2n) is 6.82. The second kappa shape index (κ2) is 9.97. The highest BCUT2D eigenvalue weighted by atomic mass is 32.2. The minimum absolute atomic E-state index is 0.398. The van der Waals surface area contributed by atoms with E-state index in [9.17, 15) is 14.7 Å². The molecule has 2 rings (SSSR count). The third kappa shape index (κ3) is 5.23. The van der Waals surface area contributed by atoms with Gasteiger partial charge in [0.25, 0.3) is 5.56 Å². The Morgan fingerprint density at radius 1 is 1.15 bits per heavy atom. The van der Waals surface area contributed by atoms with Crippen LogP contribution in [0.15, 0.2) is 14.7 Å². The van der Waals surface area contributed by atoms with Gasteiger partial charge in [0.1, 0.15) is 0 Å². The molecule has 0 aliphatic rings. The van der Waals surface area contributed by atoms with Gasteiger partial charge in [-0.3, -0.25) is 14.3 Å². The number of rotatable bonds is 11. The lowest BCUT2D eigenvalue weighted by Gasteiger charge is -2.09. The van der Waals surface area contributed by atoms with Gasteiger partial charge >= 0.3 is 5.69 Å². The molecular weight excluding hydrogens is 352 g/mol. The zero-order chi connectivity index (χ0) is 19.1. The number of aromatic nitrogens is 4. The number of H-pyrrole nitrogens is 1. The van der Waals surface area contributed by atoms with Gasteiger partial charge in [-0.05, 0) is 13.3 Å². The van der Waals surface area contributed by atoms with Gasteiger partial charge in [0, 0.05) is 19.3 Å². The van der Waals surface area contributed by atoms with Gasteiger partial charge < -0.3 is 9.67 Å². The summed E-state index contributed by atoms with van der Waals surface area (Å²) in [5, 5.41) is 10.2. The molecule has 1 unspecified atom stereocenters. The van der Waals surface area contributed by atoms with Crippen molar-refractivity contribution in [1.29, 1.82) is 0 Å². The number of nitrogens with one attached hydrogen (secondary N) is 1. The number of fused-ring (bicyclic) bond motifs is 1. The quantitative estimate of drug-likeness (QED) is 0.460. The first-order chi connectivity index (χ1) is 12.5. The van der Waals surface area contributed by atoms with E-state index in [0.717, 1.165) is 12.8 Å². The smallest absolute Gasteiger partial charge is 0.329 e. The Labute approximate surface area is 157 Å². The van der Waals surface area contributed by atoms with Crippen molar-refractivity contribution < 1.29 is 5.11 Å². The molecule has 0 spiro atoms. The van der Waals surface area contributed by atoms with Crippen LogP contribution in [0.5, 0.6) is 0 Å². The van der Waals surface area contributed by atoms with Crippen LogP contribution in [0, 0.1) is 0 Å². The molecular formula is C18H30N4O3S. The summed E-state index contributed by atoms with van der Waals surface area (Å²) >= 11 is 1.41. The molecule has 7 nitrogen and oxygen atoms in total. The molecule has 1 atom stereocenters. The van der Waals surface area contributed by atoms with Crippen LogP contribution in [0.25, 0.3) is 11.2 Å². The van der Waals surface area contributed by atoms with Crippen molar-refractivity contribution in [2.45, 2.75) is 76.6 Å². The van der Waals surface area contributed by atoms with Crippen LogP contribution in [0.2, 0.25) is 0 Å². The molecule has 0 aliphatic carbocycles. The van der Waals surface area contributed by atoms with Crippen molar-refractivity contribution in [3.05, 3.63) is 20.8 Å². The highest BCUT2D eigenvalue weighted by Crippen LogP contribution is 2.23. The van der Waals surface area contributed by atoms with E-state index in [1.54, 1.807) is 14.0 Å². The molecule has 2 N–H and O–H groups in total. The summed E-state index contributed by atoms with van der Waals surface area (Å²) < 4.78 is 3.26. The molecule has 0 radical (unpaired) electrons. The summed E-state index contributed by atoms with van der Waals surface area (Å²) in [7, 11) is 1.61. The Kier molecular flexibility index (Phi) is 7.96. The van der Waals surface area contributed by atoms with Gasteiger partial charge in [-0.15, -0.1) is 0 Å². The first-order valence-electron chi connectivity index (χ1n) is 9.46. The minimum Gasteiger partial charge on any atom is -0.393 e. The summed E-state index contributed by atoms with van der Waals surface area (Å²) in [6, 6.07) is 0. The molecule has 0 bridgehead atoms. The molecule has 0 aliphatic heterocycles. The Morgan fingerprint density at radius 2 is 1.81 bits per heavy atom. The first kappa shape index (κ1) is 20.8. The summed E-state index contributed by atoms with van der Waals surface area (Å²) in [5.41, 5.74) is -0.0291. The third-order valence-electron chi connectivity index (χ3n) is 4.41. The van der Waals surface area contributed by atoms with E-state index in [1.807, 2.05) is 4.57 Å². The first-order valence-corrected chi connectivity index (χ1v) is 10.4. The van der Waals surface area contributed by atoms with E-state index in [-0.39, 0.29) is 0 Å². The van der Waals surface area contributed by atoms with Crippen molar-refractivity contribution in [2.75, 3.05) is 5.75 Å². The van der Waals surface area contributed by atoms with Crippen molar-refractivity contribution in [3.8, 4) is 0 Å². The predicted octanol–water partition coefficient (Wildman–Crippen LogP) is 2.65. The number of thioether (sulfide) groups is 1. The minimum atomic E-state index is -0.464. The monoisotopic (exact) mass is 382 g/mol. The zero-order valence-corrected chi connectivity index (χ0v) is 16.8. The predicted molar refractivity (Wildman–Crippen MR) is 106 cm³/mol. The fourth-order valence-electron chi connectivity index (χ4n) is 2.95. The maximum absolute atomic E-state index is 12.3.